The predicted octanol–water partition coefficient (Wildman–Crippen LogP) is 4.25. The van der Waals surface area contributed by atoms with Crippen molar-refractivity contribution >= 4 is 17.4 Å². The standard InChI is InChI=1S/C15H17ClO2/c1-10-3-2-6-15(8-10)9-13(17)12-7-11(16)4-5-14(12)18-15/h4-5,7,10H,2-3,6,8-9H2,1H3. The molecule has 1 aromatic carbocycles. The smallest absolute Gasteiger partial charge is 0.170 e. The number of hydrogen-bond acceptors (Lipinski definition) is 2. The van der Waals surface area contributed by atoms with Crippen molar-refractivity contribution in [2.45, 2.75) is 44.6 Å². The highest BCUT2D eigenvalue weighted by Gasteiger charge is 2.43. The van der Waals surface area contributed by atoms with Gasteiger partial charge < -0.3 is 4.74 Å². The first kappa shape index (κ1) is 12.0. The minimum atomic E-state index is -0.254. The van der Waals surface area contributed by atoms with E-state index in [-0.39, 0.29) is 11.4 Å². The van der Waals surface area contributed by atoms with Crippen LogP contribution in [0.5, 0.6) is 5.75 Å². The van der Waals surface area contributed by atoms with Crippen molar-refractivity contribution in [1.82, 2.24) is 0 Å². The monoisotopic (exact) mass is 264 g/mol. The lowest BCUT2D eigenvalue weighted by Crippen LogP contribution is -2.45. The SMILES string of the molecule is CC1CCCC2(CC(=O)c3cc(Cl)ccc3O2)C1. The van der Waals surface area contributed by atoms with Crippen molar-refractivity contribution < 1.29 is 9.53 Å². The van der Waals surface area contributed by atoms with Crippen LogP contribution >= 0.6 is 11.6 Å². The maximum Gasteiger partial charge on any atom is 0.170 e. The average Bonchev–Trinajstić information content (AvgIpc) is 2.30. The van der Waals surface area contributed by atoms with Crippen LogP contribution in [0.15, 0.2) is 18.2 Å². The van der Waals surface area contributed by atoms with E-state index in [2.05, 4.69) is 6.92 Å². The van der Waals surface area contributed by atoms with Crippen LogP contribution in [0.2, 0.25) is 5.02 Å². The van der Waals surface area contributed by atoms with Gasteiger partial charge in [-0.15, -0.1) is 0 Å². The summed E-state index contributed by atoms with van der Waals surface area (Å²) in [5, 5.41) is 0.596. The molecular weight excluding hydrogens is 248 g/mol. The minimum Gasteiger partial charge on any atom is -0.486 e. The lowest BCUT2D eigenvalue weighted by Gasteiger charge is -2.42. The molecule has 0 radical (unpaired) electrons. The van der Waals surface area contributed by atoms with E-state index in [1.165, 1.54) is 6.42 Å². The van der Waals surface area contributed by atoms with E-state index >= 15 is 0 Å². The van der Waals surface area contributed by atoms with E-state index in [0.29, 0.717) is 28.7 Å². The van der Waals surface area contributed by atoms with Crippen LogP contribution in [0.25, 0.3) is 0 Å². The van der Waals surface area contributed by atoms with E-state index in [1.54, 1.807) is 12.1 Å². The molecule has 1 saturated carbocycles. The van der Waals surface area contributed by atoms with Crippen LogP contribution in [0.3, 0.4) is 0 Å². The Morgan fingerprint density at radius 1 is 1.44 bits per heavy atom. The molecule has 0 saturated heterocycles. The number of benzene rings is 1. The van der Waals surface area contributed by atoms with Gasteiger partial charge in [-0.2, -0.15) is 0 Å². The van der Waals surface area contributed by atoms with E-state index in [0.717, 1.165) is 19.3 Å². The lowest BCUT2D eigenvalue weighted by molar-refractivity contribution is -0.000811. The summed E-state index contributed by atoms with van der Waals surface area (Å²) in [6.07, 6.45) is 4.88. The molecule has 1 aromatic rings. The van der Waals surface area contributed by atoms with Crippen LogP contribution in [0, 0.1) is 5.92 Å². The van der Waals surface area contributed by atoms with Crippen molar-refractivity contribution in [2.24, 2.45) is 5.92 Å². The molecule has 1 heterocycles. The van der Waals surface area contributed by atoms with Gasteiger partial charge >= 0.3 is 0 Å². The average molecular weight is 265 g/mol. The van der Waals surface area contributed by atoms with Gasteiger partial charge in [0.2, 0.25) is 0 Å². The number of carbonyl (C=O) groups is 1. The van der Waals surface area contributed by atoms with Gasteiger partial charge in [-0.1, -0.05) is 24.9 Å². The fourth-order valence-corrected chi connectivity index (χ4v) is 3.50. The Hall–Kier alpha value is -1.02. The minimum absolute atomic E-state index is 0.174. The molecule has 3 heteroatoms. The largest absolute Gasteiger partial charge is 0.486 e. The Bertz CT molecular complexity index is 497. The van der Waals surface area contributed by atoms with Gasteiger partial charge in [0.1, 0.15) is 11.4 Å². The summed E-state index contributed by atoms with van der Waals surface area (Å²) < 4.78 is 6.18. The van der Waals surface area contributed by atoms with Crippen LogP contribution in [0.1, 0.15) is 49.4 Å². The maximum atomic E-state index is 12.3. The quantitative estimate of drug-likeness (QED) is 0.700. The summed E-state index contributed by atoms with van der Waals surface area (Å²) in [5.74, 6) is 1.53. The summed E-state index contributed by atoms with van der Waals surface area (Å²) in [5.41, 5.74) is 0.390. The first-order valence-corrected chi connectivity index (χ1v) is 6.98. The molecule has 96 valence electrons. The number of hydrogen-bond donors (Lipinski definition) is 0. The molecular formula is C15H17ClO2. The summed E-state index contributed by atoms with van der Waals surface area (Å²) in [6, 6.07) is 5.34. The molecule has 1 aliphatic heterocycles. The second kappa shape index (κ2) is 4.27. The topological polar surface area (TPSA) is 26.3 Å². The Morgan fingerprint density at radius 2 is 2.28 bits per heavy atom. The van der Waals surface area contributed by atoms with E-state index in [4.69, 9.17) is 16.3 Å². The molecule has 2 atom stereocenters. The molecule has 3 rings (SSSR count). The van der Waals surface area contributed by atoms with Crippen molar-refractivity contribution in [2.75, 3.05) is 0 Å². The molecule has 18 heavy (non-hydrogen) atoms. The number of ether oxygens (including phenoxy) is 1. The molecule has 2 nitrogen and oxygen atoms in total. The zero-order chi connectivity index (χ0) is 12.8. The Balaban J connectivity index is 1.96. The van der Waals surface area contributed by atoms with Gasteiger partial charge in [-0.05, 0) is 43.4 Å². The fraction of sp³-hybridized carbons (Fsp3) is 0.533. The molecule has 0 bridgehead atoms. The normalized spacial score (nSPS) is 31.0. The molecule has 0 amide bonds. The highest BCUT2D eigenvalue weighted by molar-refractivity contribution is 6.31. The van der Waals surface area contributed by atoms with Gasteiger partial charge in [0.25, 0.3) is 0 Å². The number of halogens is 1. The first-order valence-electron chi connectivity index (χ1n) is 6.60. The Labute approximate surface area is 112 Å². The third-order valence-electron chi connectivity index (χ3n) is 4.10. The molecule has 0 aromatic heterocycles. The van der Waals surface area contributed by atoms with Crippen molar-refractivity contribution in [3.8, 4) is 5.75 Å². The number of fused-ring (bicyclic) bond motifs is 1. The van der Waals surface area contributed by atoms with Crippen LogP contribution in [-0.2, 0) is 0 Å². The van der Waals surface area contributed by atoms with Crippen LogP contribution in [0.4, 0.5) is 0 Å². The van der Waals surface area contributed by atoms with E-state index < -0.39 is 0 Å². The highest BCUT2D eigenvalue weighted by atomic mass is 35.5. The summed E-state index contributed by atoms with van der Waals surface area (Å²) in [7, 11) is 0. The lowest BCUT2D eigenvalue weighted by atomic mass is 9.74. The molecule has 0 N–H and O–H groups in total. The second-order valence-electron chi connectivity index (χ2n) is 5.73. The van der Waals surface area contributed by atoms with Crippen LogP contribution < -0.4 is 4.74 Å². The molecule has 1 spiro atoms. The summed E-state index contributed by atoms with van der Waals surface area (Å²) in [4.78, 5) is 12.3. The maximum absolute atomic E-state index is 12.3. The van der Waals surface area contributed by atoms with Crippen molar-refractivity contribution in [3.05, 3.63) is 28.8 Å². The third kappa shape index (κ3) is 2.03. The van der Waals surface area contributed by atoms with Gasteiger partial charge in [-0.3, -0.25) is 4.79 Å². The molecule has 1 aliphatic carbocycles. The number of rotatable bonds is 0. The molecule has 1 fully saturated rings. The van der Waals surface area contributed by atoms with Crippen molar-refractivity contribution in [3.63, 3.8) is 0 Å². The number of ketones is 1. The predicted molar refractivity (Wildman–Crippen MR) is 71.4 cm³/mol. The van der Waals surface area contributed by atoms with Gasteiger partial charge in [0.05, 0.1) is 12.0 Å². The summed E-state index contributed by atoms with van der Waals surface area (Å²) >= 11 is 5.93. The Morgan fingerprint density at radius 3 is 3.06 bits per heavy atom. The zero-order valence-electron chi connectivity index (χ0n) is 10.5. The fourth-order valence-electron chi connectivity index (χ4n) is 3.33. The Kier molecular flexibility index (Phi) is 2.86. The highest BCUT2D eigenvalue weighted by Crippen LogP contribution is 2.43. The van der Waals surface area contributed by atoms with Crippen LogP contribution in [-0.4, -0.2) is 11.4 Å². The van der Waals surface area contributed by atoms with Crippen molar-refractivity contribution in [1.29, 1.82) is 0 Å². The van der Waals surface area contributed by atoms with Gasteiger partial charge in [0.15, 0.2) is 5.78 Å². The second-order valence-corrected chi connectivity index (χ2v) is 6.16. The molecule has 2 unspecified atom stereocenters. The molecule has 2 aliphatic rings. The van der Waals surface area contributed by atoms with Gasteiger partial charge in [0, 0.05) is 5.02 Å². The number of Topliss-reactive ketones (excluding diaryl/α,β-unsaturated/α-hetero) is 1. The summed E-state index contributed by atoms with van der Waals surface area (Å²) in [6.45, 7) is 2.24. The first-order chi connectivity index (χ1) is 8.58. The zero-order valence-corrected chi connectivity index (χ0v) is 11.3. The van der Waals surface area contributed by atoms with Gasteiger partial charge in [-0.25, -0.2) is 0 Å². The van der Waals surface area contributed by atoms with E-state index in [9.17, 15) is 4.79 Å². The number of carbonyl (C=O) groups excluding carboxylic acids is 1. The third-order valence-corrected chi connectivity index (χ3v) is 4.34. The van der Waals surface area contributed by atoms with E-state index in [1.807, 2.05) is 6.07 Å².